The lowest BCUT2D eigenvalue weighted by Gasteiger charge is -1.96. The monoisotopic (exact) mass is 305 g/mol. The van der Waals surface area contributed by atoms with Gasteiger partial charge in [0.2, 0.25) is 0 Å². The maximum absolute atomic E-state index is 11.9. The van der Waals surface area contributed by atoms with Gasteiger partial charge in [-0.3, -0.25) is 4.79 Å². The molecule has 1 aromatic carbocycles. The average Bonchev–Trinajstić information content (AvgIpc) is 2.85. The highest BCUT2D eigenvalue weighted by molar-refractivity contribution is 9.10. The van der Waals surface area contributed by atoms with Crippen molar-refractivity contribution in [3.8, 4) is 0 Å². The molecule has 2 heterocycles. The van der Waals surface area contributed by atoms with Gasteiger partial charge < -0.3 is 5.32 Å². The van der Waals surface area contributed by atoms with Crippen molar-refractivity contribution >= 4 is 50.5 Å². The van der Waals surface area contributed by atoms with Crippen LogP contribution in [0.5, 0.6) is 0 Å². The van der Waals surface area contributed by atoms with E-state index in [1.165, 1.54) is 0 Å². The molecule has 4 heteroatoms. The van der Waals surface area contributed by atoms with Crippen molar-refractivity contribution in [2.75, 3.05) is 5.32 Å². The van der Waals surface area contributed by atoms with Crippen molar-refractivity contribution in [2.24, 2.45) is 0 Å². The number of halogens is 1. The Morgan fingerprint density at radius 2 is 2.06 bits per heavy atom. The molecule has 0 bridgehead atoms. The van der Waals surface area contributed by atoms with Crippen LogP contribution < -0.4 is 5.32 Å². The van der Waals surface area contributed by atoms with Crippen molar-refractivity contribution in [1.82, 2.24) is 0 Å². The van der Waals surface area contributed by atoms with Crippen molar-refractivity contribution < 1.29 is 4.79 Å². The Hall–Kier alpha value is -1.39. The fraction of sp³-hybridized carbons (Fsp3) is 0. The molecule has 0 spiro atoms. The zero-order valence-electron chi connectivity index (χ0n) is 8.74. The smallest absolute Gasteiger partial charge is 0.256 e. The van der Waals surface area contributed by atoms with E-state index < -0.39 is 0 Å². The number of benzene rings is 1. The number of amides is 1. The molecule has 0 radical (unpaired) electrons. The second-order valence-electron chi connectivity index (χ2n) is 3.69. The second kappa shape index (κ2) is 4.13. The quantitative estimate of drug-likeness (QED) is 0.793. The number of hydrogen-bond donors (Lipinski definition) is 1. The van der Waals surface area contributed by atoms with Gasteiger partial charge in [0.1, 0.15) is 0 Å². The number of nitrogens with one attached hydrogen (secondary N) is 1. The van der Waals surface area contributed by atoms with Crippen LogP contribution in [0.4, 0.5) is 5.69 Å². The Balaban J connectivity index is 2.13. The summed E-state index contributed by atoms with van der Waals surface area (Å²) in [6.45, 7) is 0. The van der Waals surface area contributed by atoms with Gasteiger partial charge in [0, 0.05) is 20.6 Å². The summed E-state index contributed by atoms with van der Waals surface area (Å²) in [5.41, 5.74) is 2.58. The first-order valence-corrected chi connectivity index (χ1v) is 6.78. The van der Waals surface area contributed by atoms with Crippen LogP contribution >= 0.6 is 27.3 Å². The van der Waals surface area contributed by atoms with Gasteiger partial charge in [-0.15, -0.1) is 11.3 Å². The summed E-state index contributed by atoms with van der Waals surface area (Å²) in [5, 5.41) is 4.86. The van der Waals surface area contributed by atoms with E-state index >= 15 is 0 Å². The Labute approximate surface area is 111 Å². The summed E-state index contributed by atoms with van der Waals surface area (Å²) in [6, 6.07) is 9.72. The Bertz CT molecular complexity index is 630. The summed E-state index contributed by atoms with van der Waals surface area (Å²) < 4.78 is 1.02. The predicted octanol–water partition coefficient (Wildman–Crippen LogP) is 4.00. The summed E-state index contributed by atoms with van der Waals surface area (Å²) >= 11 is 5.08. The largest absolute Gasteiger partial charge is 0.321 e. The third kappa shape index (κ3) is 1.83. The molecule has 0 saturated carbocycles. The van der Waals surface area contributed by atoms with Crippen LogP contribution in [0.25, 0.3) is 11.6 Å². The molecule has 1 N–H and O–H groups in total. The minimum Gasteiger partial charge on any atom is -0.321 e. The molecule has 84 valence electrons. The lowest BCUT2D eigenvalue weighted by molar-refractivity contribution is -0.110. The number of carbonyl (C=O) groups excluding carboxylic acids is 1. The molecule has 1 aromatic heterocycles. The minimum absolute atomic E-state index is 0.0356. The number of hydrogen-bond acceptors (Lipinski definition) is 2. The summed E-state index contributed by atoms with van der Waals surface area (Å²) in [7, 11) is 0. The van der Waals surface area contributed by atoms with E-state index in [-0.39, 0.29) is 5.91 Å². The van der Waals surface area contributed by atoms with Gasteiger partial charge in [0.15, 0.2) is 0 Å². The van der Waals surface area contributed by atoms with Gasteiger partial charge >= 0.3 is 0 Å². The number of carbonyl (C=O) groups is 1. The van der Waals surface area contributed by atoms with Gasteiger partial charge in [0.25, 0.3) is 5.91 Å². The lowest BCUT2D eigenvalue weighted by atomic mass is 10.1. The van der Waals surface area contributed by atoms with E-state index in [0.29, 0.717) is 0 Å². The molecule has 1 amide bonds. The molecule has 0 aliphatic carbocycles. The maximum Gasteiger partial charge on any atom is 0.256 e. The van der Waals surface area contributed by atoms with Crippen molar-refractivity contribution in [1.29, 1.82) is 0 Å². The molecule has 0 unspecified atom stereocenters. The fourth-order valence-electron chi connectivity index (χ4n) is 1.82. The van der Waals surface area contributed by atoms with Crippen LogP contribution in [0.2, 0.25) is 0 Å². The second-order valence-corrected chi connectivity index (χ2v) is 5.49. The lowest BCUT2D eigenvalue weighted by Crippen LogP contribution is -2.03. The third-order valence-corrected chi connectivity index (χ3v) is 4.45. The first-order valence-electron chi connectivity index (χ1n) is 5.11. The zero-order chi connectivity index (χ0) is 11.8. The summed E-state index contributed by atoms with van der Waals surface area (Å²) in [4.78, 5) is 12.9. The highest BCUT2D eigenvalue weighted by Crippen LogP contribution is 2.35. The number of thiophene rings is 1. The Kier molecular flexibility index (Phi) is 2.61. The summed E-state index contributed by atoms with van der Waals surface area (Å²) in [6.07, 6.45) is 1.93. The molecule has 3 rings (SSSR count). The standard InChI is InChI=1S/C13H8BrNOS/c14-10-5-6-17-12(10)7-9-8-3-1-2-4-11(8)15-13(9)16/h1-7H,(H,15,16)/b9-7-. The van der Waals surface area contributed by atoms with Crippen molar-refractivity contribution in [3.63, 3.8) is 0 Å². The van der Waals surface area contributed by atoms with E-state index in [4.69, 9.17) is 0 Å². The van der Waals surface area contributed by atoms with Gasteiger partial charge in [-0.05, 0) is 39.5 Å². The van der Waals surface area contributed by atoms with Crippen LogP contribution in [-0.4, -0.2) is 5.91 Å². The first-order chi connectivity index (χ1) is 8.25. The van der Waals surface area contributed by atoms with Crippen molar-refractivity contribution in [3.05, 3.63) is 50.6 Å². The molecule has 2 aromatic rings. The van der Waals surface area contributed by atoms with E-state index in [2.05, 4.69) is 21.2 Å². The SMILES string of the molecule is O=C1Nc2ccccc2/C1=C/c1sccc1Br. The number of fused-ring (bicyclic) bond motifs is 1. The highest BCUT2D eigenvalue weighted by atomic mass is 79.9. The number of anilines is 1. The normalized spacial score (nSPS) is 16.1. The molecular weight excluding hydrogens is 298 g/mol. The van der Waals surface area contributed by atoms with Crippen LogP contribution in [0.15, 0.2) is 40.2 Å². The minimum atomic E-state index is -0.0356. The fourth-order valence-corrected chi connectivity index (χ4v) is 3.24. The molecular formula is C13H8BrNOS. The van der Waals surface area contributed by atoms with Crippen molar-refractivity contribution in [2.45, 2.75) is 0 Å². The van der Waals surface area contributed by atoms with E-state index in [1.54, 1.807) is 11.3 Å². The number of rotatable bonds is 1. The van der Waals surface area contributed by atoms with Crippen LogP contribution in [0, 0.1) is 0 Å². The summed E-state index contributed by atoms with van der Waals surface area (Å²) in [5.74, 6) is -0.0356. The molecule has 2 nitrogen and oxygen atoms in total. The number of para-hydroxylation sites is 1. The van der Waals surface area contributed by atoms with Gasteiger partial charge in [0.05, 0.1) is 5.57 Å². The molecule has 17 heavy (non-hydrogen) atoms. The van der Waals surface area contributed by atoms with E-state index in [1.807, 2.05) is 41.8 Å². The molecule has 0 atom stereocenters. The van der Waals surface area contributed by atoms with Gasteiger partial charge in [-0.25, -0.2) is 0 Å². The molecule has 0 saturated heterocycles. The van der Waals surface area contributed by atoms with Crippen LogP contribution in [-0.2, 0) is 4.79 Å². The van der Waals surface area contributed by atoms with Gasteiger partial charge in [-0.2, -0.15) is 0 Å². The van der Waals surface area contributed by atoms with E-state index in [9.17, 15) is 4.79 Å². The van der Waals surface area contributed by atoms with Crippen LogP contribution in [0.1, 0.15) is 10.4 Å². The van der Waals surface area contributed by atoms with Gasteiger partial charge in [-0.1, -0.05) is 18.2 Å². The van der Waals surface area contributed by atoms with Crippen LogP contribution in [0.3, 0.4) is 0 Å². The Morgan fingerprint density at radius 3 is 2.82 bits per heavy atom. The van der Waals surface area contributed by atoms with E-state index in [0.717, 1.165) is 26.2 Å². The zero-order valence-corrected chi connectivity index (χ0v) is 11.1. The maximum atomic E-state index is 11.9. The average molecular weight is 306 g/mol. The third-order valence-electron chi connectivity index (χ3n) is 2.63. The topological polar surface area (TPSA) is 29.1 Å². The molecule has 1 aliphatic heterocycles. The molecule has 0 fully saturated rings. The molecule has 1 aliphatic rings. The Morgan fingerprint density at radius 1 is 1.24 bits per heavy atom. The highest BCUT2D eigenvalue weighted by Gasteiger charge is 2.23. The predicted molar refractivity (Wildman–Crippen MR) is 75.0 cm³/mol. The first kappa shape index (κ1) is 10.7.